The van der Waals surface area contributed by atoms with Crippen molar-refractivity contribution < 1.29 is 12.8 Å². The van der Waals surface area contributed by atoms with Crippen molar-refractivity contribution in [3.8, 4) is 0 Å². The molecule has 1 heterocycles. The summed E-state index contributed by atoms with van der Waals surface area (Å²) in [6, 6.07) is 0. The van der Waals surface area contributed by atoms with Crippen molar-refractivity contribution in [2.45, 2.75) is 25.0 Å². The maximum atomic E-state index is 12.5. The summed E-state index contributed by atoms with van der Waals surface area (Å²) in [6.07, 6.45) is 2.48. The van der Waals surface area contributed by atoms with Crippen molar-refractivity contribution in [3.05, 3.63) is 24.0 Å². The molecule has 0 saturated carbocycles. The number of primary sulfonamides is 1. The Kier molecular flexibility index (Phi) is 3.70. The number of hydrogen-bond donors (Lipinski definition) is 1. The van der Waals surface area contributed by atoms with E-state index in [1.54, 1.807) is 6.92 Å². The summed E-state index contributed by atoms with van der Waals surface area (Å²) < 4.78 is 34.6. The molecule has 15 heavy (non-hydrogen) atoms. The second-order valence-corrected chi connectivity index (χ2v) is 4.99. The van der Waals surface area contributed by atoms with E-state index in [0.29, 0.717) is 6.42 Å². The van der Waals surface area contributed by atoms with Crippen LogP contribution in [0.3, 0.4) is 0 Å². The third-order valence-corrected chi connectivity index (χ3v) is 3.43. The van der Waals surface area contributed by atoms with Crippen LogP contribution in [-0.4, -0.2) is 23.6 Å². The van der Waals surface area contributed by atoms with Crippen molar-refractivity contribution in [1.82, 2.24) is 9.97 Å². The molecule has 0 radical (unpaired) electrons. The van der Waals surface area contributed by atoms with Gasteiger partial charge >= 0.3 is 0 Å². The molecule has 0 amide bonds. The first-order chi connectivity index (χ1) is 6.93. The first-order valence-electron chi connectivity index (χ1n) is 4.41. The zero-order chi connectivity index (χ0) is 11.5. The van der Waals surface area contributed by atoms with E-state index in [1.807, 2.05) is 0 Å². The summed E-state index contributed by atoms with van der Waals surface area (Å²) >= 11 is 0. The van der Waals surface area contributed by atoms with Gasteiger partial charge in [-0.25, -0.2) is 27.9 Å². The molecule has 5 nitrogen and oxygen atoms in total. The van der Waals surface area contributed by atoms with Gasteiger partial charge in [0.1, 0.15) is 5.82 Å². The quantitative estimate of drug-likeness (QED) is 0.806. The van der Waals surface area contributed by atoms with Crippen LogP contribution in [0, 0.1) is 5.82 Å². The Labute approximate surface area is 87.6 Å². The van der Waals surface area contributed by atoms with Crippen LogP contribution in [0.5, 0.6) is 0 Å². The standard InChI is InChI=1S/C8H12FN3O2S/c1-2-7(15(10,13)14)3-8-11-4-6(9)5-12-8/h4-5,7H,2-3H2,1H3,(H2,10,13,14)/t7-/m0/s1. The second kappa shape index (κ2) is 4.63. The highest BCUT2D eigenvalue weighted by Crippen LogP contribution is 2.07. The molecule has 0 aromatic carbocycles. The number of hydrogen-bond acceptors (Lipinski definition) is 4. The highest BCUT2D eigenvalue weighted by Gasteiger charge is 2.20. The molecule has 2 N–H and O–H groups in total. The lowest BCUT2D eigenvalue weighted by Gasteiger charge is -2.10. The third kappa shape index (κ3) is 3.52. The molecule has 0 bridgehead atoms. The molecule has 0 aliphatic rings. The number of halogens is 1. The fraction of sp³-hybridized carbons (Fsp3) is 0.500. The Hall–Kier alpha value is -1.08. The fourth-order valence-corrected chi connectivity index (χ4v) is 1.99. The van der Waals surface area contributed by atoms with Gasteiger partial charge in [-0.2, -0.15) is 0 Å². The lowest BCUT2D eigenvalue weighted by atomic mass is 10.2. The van der Waals surface area contributed by atoms with E-state index in [-0.39, 0.29) is 12.2 Å². The van der Waals surface area contributed by atoms with Gasteiger partial charge < -0.3 is 0 Å². The van der Waals surface area contributed by atoms with Crippen LogP contribution in [0.1, 0.15) is 19.2 Å². The zero-order valence-electron chi connectivity index (χ0n) is 8.22. The van der Waals surface area contributed by atoms with Crippen LogP contribution in [-0.2, 0) is 16.4 Å². The van der Waals surface area contributed by atoms with Gasteiger partial charge in [-0.15, -0.1) is 0 Å². The van der Waals surface area contributed by atoms with Gasteiger partial charge in [0, 0.05) is 6.42 Å². The van der Waals surface area contributed by atoms with Gasteiger partial charge in [0.2, 0.25) is 10.0 Å². The van der Waals surface area contributed by atoms with Crippen molar-refractivity contribution in [1.29, 1.82) is 0 Å². The molecule has 0 aliphatic carbocycles. The average molecular weight is 233 g/mol. The normalized spacial score (nSPS) is 13.8. The Morgan fingerprint density at radius 2 is 2.00 bits per heavy atom. The molecule has 0 unspecified atom stereocenters. The first-order valence-corrected chi connectivity index (χ1v) is 6.02. The minimum Gasteiger partial charge on any atom is -0.238 e. The summed E-state index contributed by atoms with van der Waals surface area (Å²) in [5.41, 5.74) is 0. The Bertz CT molecular complexity index is 418. The second-order valence-electron chi connectivity index (χ2n) is 3.14. The monoisotopic (exact) mass is 233 g/mol. The summed E-state index contributed by atoms with van der Waals surface area (Å²) in [6.45, 7) is 1.71. The predicted octanol–water partition coefficient (Wildman–Crippen LogP) is 0.225. The van der Waals surface area contributed by atoms with Crippen molar-refractivity contribution in [2.24, 2.45) is 5.14 Å². The van der Waals surface area contributed by atoms with Crippen LogP contribution in [0.15, 0.2) is 12.4 Å². The molecular weight excluding hydrogens is 221 g/mol. The van der Waals surface area contributed by atoms with E-state index in [9.17, 15) is 12.8 Å². The van der Waals surface area contributed by atoms with Gasteiger partial charge in [0.15, 0.2) is 5.82 Å². The Morgan fingerprint density at radius 1 is 1.47 bits per heavy atom. The summed E-state index contributed by atoms with van der Waals surface area (Å²) in [5.74, 6) is -0.278. The molecule has 0 aliphatic heterocycles. The largest absolute Gasteiger partial charge is 0.238 e. The van der Waals surface area contributed by atoms with E-state index in [2.05, 4.69) is 9.97 Å². The molecule has 1 atom stereocenters. The highest BCUT2D eigenvalue weighted by atomic mass is 32.2. The smallest absolute Gasteiger partial charge is 0.212 e. The molecular formula is C8H12FN3O2S. The van der Waals surface area contributed by atoms with E-state index in [4.69, 9.17) is 5.14 Å². The molecule has 1 rings (SSSR count). The maximum Gasteiger partial charge on any atom is 0.212 e. The minimum absolute atomic E-state index is 0.107. The molecule has 0 fully saturated rings. The fourth-order valence-electron chi connectivity index (χ4n) is 1.14. The minimum atomic E-state index is -3.60. The predicted molar refractivity (Wildman–Crippen MR) is 52.9 cm³/mol. The average Bonchev–Trinajstić information content (AvgIpc) is 2.15. The number of nitrogens with two attached hydrogens (primary N) is 1. The SMILES string of the molecule is CC[C@@H](Cc1ncc(F)cn1)S(N)(=O)=O. The number of rotatable bonds is 4. The summed E-state index contributed by atoms with van der Waals surface area (Å²) in [5, 5.41) is 4.29. The van der Waals surface area contributed by atoms with Crippen LogP contribution in [0.2, 0.25) is 0 Å². The van der Waals surface area contributed by atoms with Crippen LogP contribution in [0.4, 0.5) is 4.39 Å². The molecule has 84 valence electrons. The Morgan fingerprint density at radius 3 is 2.40 bits per heavy atom. The molecule has 7 heteroatoms. The number of sulfonamides is 1. The lowest BCUT2D eigenvalue weighted by molar-refractivity contribution is 0.570. The van der Waals surface area contributed by atoms with Gasteiger partial charge in [0.05, 0.1) is 17.6 Å². The zero-order valence-corrected chi connectivity index (χ0v) is 9.04. The van der Waals surface area contributed by atoms with E-state index >= 15 is 0 Å². The Balaban J connectivity index is 2.80. The van der Waals surface area contributed by atoms with Crippen LogP contribution in [0.25, 0.3) is 0 Å². The van der Waals surface area contributed by atoms with E-state index < -0.39 is 21.1 Å². The van der Waals surface area contributed by atoms with Crippen LogP contribution >= 0.6 is 0 Å². The van der Waals surface area contributed by atoms with Gasteiger partial charge in [-0.1, -0.05) is 6.92 Å². The molecule has 1 aromatic heterocycles. The van der Waals surface area contributed by atoms with Crippen molar-refractivity contribution in [3.63, 3.8) is 0 Å². The van der Waals surface area contributed by atoms with Gasteiger partial charge in [-0.3, -0.25) is 0 Å². The number of aromatic nitrogens is 2. The van der Waals surface area contributed by atoms with Gasteiger partial charge in [0.25, 0.3) is 0 Å². The van der Waals surface area contributed by atoms with E-state index in [0.717, 1.165) is 12.4 Å². The lowest BCUT2D eigenvalue weighted by Crippen LogP contribution is -2.30. The molecule has 0 spiro atoms. The highest BCUT2D eigenvalue weighted by molar-refractivity contribution is 7.89. The molecule has 1 aromatic rings. The topological polar surface area (TPSA) is 85.9 Å². The van der Waals surface area contributed by atoms with E-state index in [1.165, 1.54) is 0 Å². The van der Waals surface area contributed by atoms with Crippen LogP contribution < -0.4 is 5.14 Å². The van der Waals surface area contributed by atoms with Crippen molar-refractivity contribution >= 4 is 10.0 Å². The van der Waals surface area contributed by atoms with Crippen molar-refractivity contribution in [2.75, 3.05) is 0 Å². The third-order valence-electron chi connectivity index (χ3n) is 2.00. The summed E-state index contributed by atoms with van der Waals surface area (Å²) in [4.78, 5) is 7.35. The maximum absolute atomic E-state index is 12.5. The number of nitrogens with zero attached hydrogens (tertiary/aromatic N) is 2. The van der Waals surface area contributed by atoms with Gasteiger partial charge in [-0.05, 0) is 6.42 Å². The summed E-state index contributed by atoms with van der Waals surface area (Å²) in [7, 11) is -3.60. The first kappa shape index (κ1) is 12.0. The molecule has 0 saturated heterocycles.